The molecule has 1 aromatic carbocycles. The zero-order valence-electron chi connectivity index (χ0n) is 13.7. The van der Waals surface area contributed by atoms with Gasteiger partial charge in [0.2, 0.25) is 5.91 Å². The number of hydrogen-bond donors (Lipinski definition) is 2. The lowest BCUT2D eigenvalue weighted by atomic mass is 9.88. The fraction of sp³-hybridized carbons (Fsp3) is 0.500. The first kappa shape index (κ1) is 15.3. The van der Waals surface area contributed by atoms with Gasteiger partial charge in [0.25, 0.3) is 0 Å². The highest BCUT2D eigenvalue weighted by molar-refractivity contribution is 5.78. The molecule has 2 aromatic rings. The van der Waals surface area contributed by atoms with Crippen LogP contribution in [0.2, 0.25) is 0 Å². The van der Waals surface area contributed by atoms with E-state index in [9.17, 15) is 4.79 Å². The van der Waals surface area contributed by atoms with Crippen LogP contribution in [0.15, 0.2) is 30.6 Å². The average Bonchev–Trinajstić information content (AvgIpc) is 3.08. The molecular weight excluding hydrogens is 302 g/mol. The third-order valence-corrected chi connectivity index (χ3v) is 5.06. The first-order chi connectivity index (χ1) is 11.8. The van der Waals surface area contributed by atoms with Crippen molar-refractivity contribution < 1.29 is 4.79 Å². The Bertz CT molecular complexity index is 726. The van der Waals surface area contributed by atoms with Crippen LogP contribution in [0, 0.1) is 0 Å². The monoisotopic (exact) mass is 325 g/mol. The summed E-state index contributed by atoms with van der Waals surface area (Å²) in [5, 5.41) is 10.8. The molecule has 2 atom stereocenters. The molecule has 1 aromatic heterocycles. The molecule has 2 heterocycles. The van der Waals surface area contributed by atoms with Crippen molar-refractivity contribution in [2.75, 3.05) is 6.54 Å². The maximum Gasteiger partial charge on any atom is 0.234 e. The molecule has 2 N–H and O–H groups in total. The largest absolute Gasteiger partial charge is 0.348 e. The lowest BCUT2D eigenvalue weighted by Gasteiger charge is -2.27. The number of amides is 1. The highest BCUT2D eigenvalue weighted by Crippen LogP contribution is 2.29. The van der Waals surface area contributed by atoms with Gasteiger partial charge in [-0.3, -0.25) is 4.79 Å². The number of carbonyl (C=O) groups excluding carboxylic acids is 1. The molecular formula is C18H23N5O. The molecule has 0 spiro atoms. The minimum atomic E-state index is 0.0705. The van der Waals surface area contributed by atoms with Crippen LogP contribution in [0.3, 0.4) is 0 Å². The van der Waals surface area contributed by atoms with Gasteiger partial charge in [0.05, 0.1) is 19.1 Å². The van der Waals surface area contributed by atoms with Crippen molar-refractivity contribution in [1.29, 1.82) is 0 Å². The summed E-state index contributed by atoms with van der Waals surface area (Å²) in [6.07, 6.45) is 6.78. The Morgan fingerprint density at radius 2 is 2.17 bits per heavy atom. The molecule has 2 aliphatic rings. The molecule has 0 radical (unpaired) electrons. The van der Waals surface area contributed by atoms with E-state index in [1.54, 1.807) is 6.33 Å². The van der Waals surface area contributed by atoms with Gasteiger partial charge in [-0.05, 0) is 36.8 Å². The van der Waals surface area contributed by atoms with Crippen LogP contribution < -0.4 is 10.6 Å². The fourth-order valence-electron chi connectivity index (χ4n) is 3.79. The van der Waals surface area contributed by atoms with Crippen molar-refractivity contribution in [3.8, 4) is 0 Å². The number of hydrogen-bond acceptors (Lipinski definition) is 4. The molecule has 1 amide bonds. The molecule has 0 saturated heterocycles. The third kappa shape index (κ3) is 3.19. The summed E-state index contributed by atoms with van der Waals surface area (Å²) in [7, 11) is 0. The molecule has 126 valence electrons. The molecule has 6 nitrogen and oxygen atoms in total. The number of rotatable bonds is 4. The third-order valence-electron chi connectivity index (χ3n) is 5.06. The van der Waals surface area contributed by atoms with E-state index in [1.165, 1.54) is 11.1 Å². The maximum absolute atomic E-state index is 12.4. The number of nitrogens with zero attached hydrogens (tertiary/aromatic N) is 3. The molecule has 1 aliphatic carbocycles. The Labute approximate surface area is 141 Å². The number of carbonyl (C=O) groups is 1. The van der Waals surface area contributed by atoms with E-state index in [4.69, 9.17) is 0 Å². The average molecular weight is 325 g/mol. The minimum absolute atomic E-state index is 0.0705. The molecule has 0 fully saturated rings. The van der Waals surface area contributed by atoms with Crippen LogP contribution in [-0.4, -0.2) is 33.3 Å². The van der Waals surface area contributed by atoms with Crippen LogP contribution >= 0.6 is 0 Å². The highest BCUT2D eigenvalue weighted by Gasteiger charge is 2.23. The van der Waals surface area contributed by atoms with E-state index < -0.39 is 0 Å². The standard InChI is InChI=1S/C18H23N5O/c24-18(10-19-14-8-9-17-20-12-21-23(17)11-14)22-16-7-3-5-13-4-1-2-6-15(13)16/h1-2,4,6,12,14,16,19H,3,5,7-11H2,(H,22,24)/t14-,16+/m0/s1. The fourth-order valence-corrected chi connectivity index (χ4v) is 3.79. The van der Waals surface area contributed by atoms with Gasteiger partial charge < -0.3 is 10.6 Å². The molecule has 4 rings (SSSR count). The summed E-state index contributed by atoms with van der Waals surface area (Å²) in [6, 6.07) is 8.87. The highest BCUT2D eigenvalue weighted by atomic mass is 16.2. The first-order valence-corrected chi connectivity index (χ1v) is 8.77. The van der Waals surface area contributed by atoms with Gasteiger partial charge in [-0.25, -0.2) is 9.67 Å². The number of nitrogens with one attached hydrogen (secondary N) is 2. The van der Waals surface area contributed by atoms with Gasteiger partial charge in [-0.2, -0.15) is 5.10 Å². The molecule has 0 saturated carbocycles. The van der Waals surface area contributed by atoms with Gasteiger partial charge in [0, 0.05) is 12.5 Å². The molecule has 1 aliphatic heterocycles. The Morgan fingerprint density at radius 3 is 3.12 bits per heavy atom. The Kier molecular flexibility index (Phi) is 4.30. The zero-order valence-corrected chi connectivity index (χ0v) is 13.7. The van der Waals surface area contributed by atoms with Crippen molar-refractivity contribution in [1.82, 2.24) is 25.4 Å². The number of benzene rings is 1. The van der Waals surface area contributed by atoms with E-state index in [0.29, 0.717) is 6.54 Å². The van der Waals surface area contributed by atoms with Crippen molar-refractivity contribution in [3.05, 3.63) is 47.5 Å². The van der Waals surface area contributed by atoms with Gasteiger partial charge in [0.15, 0.2) is 0 Å². The quantitative estimate of drug-likeness (QED) is 0.891. The summed E-state index contributed by atoms with van der Waals surface area (Å²) in [5.41, 5.74) is 2.65. The van der Waals surface area contributed by atoms with Crippen molar-refractivity contribution >= 4 is 5.91 Å². The van der Waals surface area contributed by atoms with Crippen LogP contribution in [0.1, 0.15) is 42.3 Å². The van der Waals surface area contributed by atoms with Gasteiger partial charge >= 0.3 is 0 Å². The Balaban J connectivity index is 1.30. The molecule has 0 bridgehead atoms. The van der Waals surface area contributed by atoms with E-state index in [2.05, 4.69) is 45.0 Å². The topological polar surface area (TPSA) is 71.8 Å². The van der Waals surface area contributed by atoms with Gasteiger partial charge in [0.1, 0.15) is 12.2 Å². The van der Waals surface area contributed by atoms with Crippen LogP contribution in [0.4, 0.5) is 0 Å². The molecule has 24 heavy (non-hydrogen) atoms. The second-order valence-corrected chi connectivity index (χ2v) is 6.69. The van der Waals surface area contributed by atoms with Gasteiger partial charge in [-0.15, -0.1) is 0 Å². The number of aryl methyl sites for hydroxylation is 2. The normalized spacial score (nSPS) is 22.5. The summed E-state index contributed by atoms with van der Waals surface area (Å²) >= 11 is 0. The number of aromatic nitrogens is 3. The van der Waals surface area contributed by atoms with E-state index in [1.807, 2.05) is 4.68 Å². The lowest BCUT2D eigenvalue weighted by molar-refractivity contribution is -0.121. The predicted molar refractivity (Wildman–Crippen MR) is 90.4 cm³/mol. The van der Waals surface area contributed by atoms with Crippen LogP contribution in [0.25, 0.3) is 0 Å². The van der Waals surface area contributed by atoms with Crippen molar-refractivity contribution in [2.24, 2.45) is 0 Å². The van der Waals surface area contributed by atoms with E-state index in [-0.39, 0.29) is 18.0 Å². The Hall–Kier alpha value is -2.21. The van der Waals surface area contributed by atoms with Crippen molar-refractivity contribution in [3.63, 3.8) is 0 Å². The van der Waals surface area contributed by atoms with E-state index >= 15 is 0 Å². The predicted octanol–water partition coefficient (Wildman–Crippen LogP) is 1.38. The summed E-state index contributed by atoms with van der Waals surface area (Å²) in [5.74, 6) is 1.11. The van der Waals surface area contributed by atoms with Crippen LogP contribution in [-0.2, 0) is 24.2 Å². The maximum atomic E-state index is 12.4. The molecule has 0 unspecified atom stereocenters. The second kappa shape index (κ2) is 6.73. The van der Waals surface area contributed by atoms with Crippen LogP contribution in [0.5, 0.6) is 0 Å². The SMILES string of the molecule is O=C(CN[C@H]1CCc2ncnn2C1)N[C@@H]1CCCc2ccccc21. The summed E-state index contributed by atoms with van der Waals surface area (Å²) in [4.78, 5) is 16.6. The smallest absolute Gasteiger partial charge is 0.234 e. The second-order valence-electron chi connectivity index (χ2n) is 6.69. The van der Waals surface area contributed by atoms with Crippen molar-refractivity contribution in [2.45, 2.75) is 50.7 Å². The van der Waals surface area contributed by atoms with E-state index in [0.717, 1.165) is 44.5 Å². The summed E-state index contributed by atoms with van der Waals surface area (Å²) in [6.45, 7) is 1.14. The Morgan fingerprint density at radius 1 is 1.25 bits per heavy atom. The molecule has 6 heteroatoms. The van der Waals surface area contributed by atoms with Gasteiger partial charge in [-0.1, -0.05) is 24.3 Å². The summed E-state index contributed by atoms with van der Waals surface area (Å²) < 4.78 is 1.93. The zero-order chi connectivity index (χ0) is 16.4. The lowest BCUT2D eigenvalue weighted by Crippen LogP contribution is -2.44. The minimum Gasteiger partial charge on any atom is -0.348 e. The number of fused-ring (bicyclic) bond motifs is 2. The first-order valence-electron chi connectivity index (χ1n) is 8.77.